The van der Waals surface area contributed by atoms with Gasteiger partial charge in [-0.2, -0.15) is 0 Å². The van der Waals surface area contributed by atoms with Crippen molar-refractivity contribution in [1.29, 1.82) is 0 Å². The lowest BCUT2D eigenvalue weighted by molar-refractivity contribution is 0.0600. The fraction of sp³-hybridized carbons (Fsp3) is 0.391. The van der Waals surface area contributed by atoms with Gasteiger partial charge in [-0.1, -0.05) is 56.3 Å². The van der Waals surface area contributed by atoms with Crippen molar-refractivity contribution in [2.24, 2.45) is 5.73 Å². The number of aryl methyl sites for hydroxylation is 2. The number of hydrogen-bond acceptors (Lipinski definition) is 6. The number of carbonyl (C=O) groups is 4. The third kappa shape index (κ3) is 11.3. The summed E-state index contributed by atoms with van der Waals surface area (Å²) in [6, 6.07) is 23.9. The van der Waals surface area contributed by atoms with Gasteiger partial charge in [0.1, 0.15) is 11.6 Å². The van der Waals surface area contributed by atoms with Gasteiger partial charge in [0.2, 0.25) is 0 Å². The van der Waals surface area contributed by atoms with E-state index < -0.39 is 17.6 Å². The Labute approximate surface area is 340 Å². The summed E-state index contributed by atoms with van der Waals surface area (Å²) in [6.07, 6.45) is 8.00. The molecule has 0 aliphatic carbocycles. The summed E-state index contributed by atoms with van der Waals surface area (Å²) in [7, 11) is 1.26. The highest BCUT2D eigenvalue weighted by atomic mass is 19.1. The van der Waals surface area contributed by atoms with E-state index in [2.05, 4.69) is 18.6 Å². The zero-order valence-corrected chi connectivity index (χ0v) is 33.9. The normalized spacial score (nSPS) is 13.9. The minimum atomic E-state index is -0.591. The Morgan fingerprint density at radius 2 is 1.00 bits per heavy atom. The van der Waals surface area contributed by atoms with Crippen molar-refractivity contribution in [2.45, 2.75) is 78.3 Å². The number of rotatable bonds is 11. The third-order valence-corrected chi connectivity index (χ3v) is 10.7. The summed E-state index contributed by atoms with van der Waals surface area (Å²) >= 11 is 0. The van der Waals surface area contributed by atoms with Gasteiger partial charge in [-0.15, -0.1) is 0 Å². The number of carbonyl (C=O) groups excluding carboxylic acids is 4. The SMILES string of the molecule is CCc1ccc(N(Cc2ccc(C(=O)CN)cc2F)C(=O)N2CCCCC2)cc1.CCc1ccc(N(Cc2ccc(C(=O)OC)cc2F)C(=O)N2CCCCC2)cc1. The molecule has 12 heteroatoms. The van der Waals surface area contributed by atoms with Crippen molar-refractivity contribution in [3.05, 3.63) is 130 Å². The van der Waals surface area contributed by atoms with Gasteiger partial charge in [0.25, 0.3) is 0 Å². The Kier molecular flexibility index (Phi) is 15.9. The van der Waals surface area contributed by atoms with Crippen molar-refractivity contribution in [1.82, 2.24) is 9.80 Å². The molecule has 0 aromatic heterocycles. The topological polar surface area (TPSA) is 116 Å². The summed E-state index contributed by atoms with van der Waals surface area (Å²) in [5.74, 6) is -1.95. The first-order valence-electron chi connectivity index (χ1n) is 20.3. The summed E-state index contributed by atoms with van der Waals surface area (Å²) in [6.45, 7) is 7.04. The van der Waals surface area contributed by atoms with Gasteiger partial charge in [-0.3, -0.25) is 14.6 Å². The standard InChI is InChI=1S/C23H28FN3O2.C23H27FN2O3/c1-2-17-6-10-20(11-7-17)27(23(29)26-12-4-3-5-13-26)16-19-9-8-18(14-21(19)24)22(28)15-25;1-3-17-7-11-20(12-8-17)26(23(28)25-13-5-4-6-14-25)16-19-10-9-18(15-21(19)24)22(27)29-2/h6-11,14H,2-5,12-13,15-16,25H2,1H3;7-12,15H,3-6,13-14,16H2,1-2H3. The highest BCUT2D eigenvalue weighted by molar-refractivity contribution is 5.97. The number of likely N-dealkylation sites (tertiary alicyclic amines) is 2. The number of halogens is 2. The lowest BCUT2D eigenvalue weighted by Crippen LogP contribution is -2.45. The van der Waals surface area contributed by atoms with Crippen molar-refractivity contribution >= 4 is 35.2 Å². The molecule has 0 bridgehead atoms. The molecule has 0 atom stereocenters. The van der Waals surface area contributed by atoms with E-state index >= 15 is 0 Å². The van der Waals surface area contributed by atoms with Crippen LogP contribution < -0.4 is 15.5 Å². The number of Topliss-reactive ketones (excluding diaryl/α,β-unsaturated/α-hetero) is 1. The Morgan fingerprint density at radius 1 is 0.603 bits per heavy atom. The van der Waals surface area contributed by atoms with E-state index in [0.717, 1.165) is 81.9 Å². The summed E-state index contributed by atoms with van der Waals surface area (Å²) in [5, 5.41) is 0. The van der Waals surface area contributed by atoms with Gasteiger partial charge in [-0.05, 0) is 105 Å². The summed E-state index contributed by atoms with van der Waals surface area (Å²) in [5.41, 5.74) is 10.3. The maximum atomic E-state index is 14.7. The fourth-order valence-corrected chi connectivity index (χ4v) is 7.10. The molecule has 4 amide bonds. The van der Waals surface area contributed by atoms with E-state index in [0.29, 0.717) is 24.2 Å². The van der Waals surface area contributed by atoms with Crippen LogP contribution in [-0.4, -0.2) is 73.4 Å². The van der Waals surface area contributed by atoms with Crippen molar-refractivity contribution < 1.29 is 32.7 Å². The molecular formula is C46H55F2N5O5. The van der Waals surface area contributed by atoms with Gasteiger partial charge < -0.3 is 20.3 Å². The molecule has 2 fully saturated rings. The Hall–Kier alpha value is -5.62. The minimum absolute atomic E-state index is 0.0914. The van der Waals surface area contributed by atoms with Crippen molar-refractivity contribution in [3.8, 4) is 0 Å². The molecule has 2 aliphatic rings. The second-order valence-electron chi connectivity index (χ2n) is 14.6. The first kappa shape index (κ1) is 43.5. The highest BCUT2D eigenvalue weighted by Crippen LogP contribution is 2.26. The molecule has 0 unspecified atom stereocenters. The molecule has 0 saturated carbocycles. The molecule has 0 spiro atoms. The van der Waals surface area contributed by atoms with Gasteiger partial charge in [-0.25, -0.2) is 23.2 Å². The largest absolute Gasteiger partial charge is 0.465 e. The zero-order valence-electron chi connectivity index (χ0n) is 33.9. The Morgan fingerprint density at radius 3 is 1.36 bits per heavy atom. The van der Waals surface area contributed by atoms with Crippen LogP contribution in [-0.2, 0) is 30.7 Å². The van der Waals surface area contributed by atoms with Crippen LogP contribution in [0.1, 0.15) is 95.3 Å². The summed E-state index contributed by atoms with van der Waals surface area (Å²) < 4.78 is 34.0. The van der Waals surface area contributed by atoms with Gasteiger partial charge >= 0.3 is 18.0 Å². The predicted octanol–water partition coefficient (Wildman–Crippen LogP) is 8.93. The number of ether oxygens (including phenoxy) is 1. The maximum absolute atomic E-state index is 14.7. The molecule has 2 heterocycles. The van der Waals surface area contributed by atoms with E-state index in [1.807, 2.05) is 58.3 Å². The van der Waals surface area contributed by atoms with Crippen LogP contribution >= 0.6 is 0 Å². The van der Waals surface area contributed by atoms with Crippen LogP contribution in [0.25, 0.3) is 0 Å². The smallest absolute Gasteiger partial charge is 0.337 e. The lowest BCUT2D eigenvalue weighted by Gasteiger charge is -2.33. The van der Waals surface area contributed by atoms with E-state index in [1.165, 1.54) is 30.4 Å². The van der Waals surface area contributed by atoms with Crippen LogP contribution in [0.4, 0.5) is 29.7 Å². The molecule has 0 radical (unpaired) electrons. The van der Waals surface area contributed by atoms with Gasteiger partial charge in [0.05, 0.1) is 32.3 Å². The molecule has 308 valence electrons. The number of nitrogens with two attached hydrogens (primary N) is 1. The zero-order chi connectivity index (χ0) is 41.6. The van der Waals surface area contributed by atoms with Crippen LogP contribution in [0.15, 0.2) is 84.9 Å². The number of benzene rings is 4. The monoisotopic (exact) mass is 795 g/mol. The van der Waals surface area contributed by atoms with Gasteiger partial charge in [0, 0.05) is 54.2 Å². The van der Waals surface area contributed by atoms with Crippen LogP contribution in [0.3, 0.4) is 0 Å². The van der Waals surface area contributed by atoms with Gasteiger partial charge in [0.15, 0.2) is 5.78 Å². The second kappa shape index (κ2) is 21.2. The molecule has 6 rings (SSSR count). The highest BCUT2D eigenvalue weighted by Gasteiger charge is 2.27. The average Bonchev–Trinajstić information content (AvgIpc) is 3.28. The first-order valence-corrected chi connectivity index (χ1v) is 20.3. The van der Waals surface area contributed by atoms with E-state index in [4.69, 9.17) is 5.73 Å². The maximum Gasteiger partial charge on any atom is 0.337 e. The number of ketones is 1. The quantitative estimate of drug-likeness (QED) is 0.120. The van der Waals surface area contributed by atoms with E-state index in [-0.39, 0.29) is 48.6 Å². The Balaban J connectivity index is 0.000000221. The van der Waals surface area contributed by atoms with Crippen molar-refractivity contribution in [2.75, 3.05) is 49.6 Å². The Bertz CT molecular complexity index is 1870. The lowest BCUT2D eigenvalue weighted by atomic mass is 10.1. The van der Waals surface area contributed by atoms with Crippen LogP contribution in [0.5, 0.6) is 0 Å². The number of urea groups is 2. The first-order chi connectivity index (χ1) is 28.1. The molecule has 4 aromatic carbocycles. The number of anilines is 2. The average molecular weight is 796 g/mol. The molecule has 2 N–H and O–H groups in total. The van der Waals surface area contributed by atoms with Crippen LogP contribution in [0.2, 0.25) is 0 Å². The number of esters is 1. The molecule has 10 nitrogen and oxygen atoms in total. The van der Waals surface area contributed by atoms with E-state index in [9.17, 15) is 28.0 Å². The predicted molar refractivity (Wildman–Crippen MR) is 223 cm³/mol. The number of piperidine rings is 2. The fourth-order valence-electron chi connectivity index (χ4n) is 7.10. The van der Waals surface area contributed by atoms with Crippen molar-refractivity contribution in [3.63, 3.8) is 0 Å². The number of hydrogen-bond donors (Lipinski definition) is 1. The number of amides is 4. The second-order valence-corrected chi connectivity index (χ2v) is 14.6. The van der Waals surface area contributed by atoms with Crippen LogP contribution in [0, 0.1) is 11.6 Å². The third-order valence-electron chi connectivity index (χ3n) is 10.7. The molecule has 2 saturated heterocycles. The number of nitrogens with zero attached hydrogens (tertiary/aromatic N) is 4. The molecule has 58 heavy (non-hydrogen) atoms. The molecule has 2 aliphatic heterocycles. The molecule has 4 aromatic rings. The number of methoxy groups -OCH3 is 1. The molecular weight excluding hydrogens is 741 g/mol. The summed E-state index contributed by atoms with van der Waals surface area (Å²) in [4.78, 5) is 56.8. The minimum Gasteiger partial charge on any atom is -0.465 e. The van der Waals surface area contributed by atoms with E-state index in [1.54, 1.807) is 28.0 Å².